The Morgan fingerprint density at radius 2 is 1.56 bits per heavy atom. The molecular formula is C25H25F3N8O3. The molecule has 2 heterocycles. The molecule has 0 spiro atoms. The van der Waals surface area contributed by atoms with E-state index >= 15 is 0 Å². The largest absolute Gasteiger partial charge is 0.416 e. The summed E-state index contributed by atoms with van der Waals surface area (Å²) in [5.41, 5.74) is 11.7. The van der Waals surface area contributed by atoms with Gasteiger partial charge in [-0.2, -0.15) is 23.3 Å². The number of urea groups is 1. The minimum absolute atomic E-state index is 0.0541. The van der Waals surface area contributed by atoms with Crippen molar-refractivity contribution in [2.75, 3.05) is 16.4 Å². The van der Waals surface area contributed by atoms with Gasteiger partial charge in [-0.25, -0.2) is 14.3 Å². The Morgan fingerprint density at radius 1 is 0.949 bits per heavy atom. The number of nitrogens with one attached hydrogen (secondary N) is 2. The zero-order valence-electron chi connectivity index (χ0n) is 21.1. The predicted octanol–water partition coefficient (Wildman–Crippen LogP) is 5.06. The number of aromatic nitrogens is 4. The second-order valence-corrected chi connectivity index (χ2v) is 9.47. The number of nitrogens with zero attached hydrogens (tertiary/aromatic N) is 4. The summed E-state index contributed by atoms with van der Waals surface area (Å²) in [6.45, 7) is 5.77. The van der Waals surface area contributed by atoms with Gasteiger partial charge in [0.2, 0.25) is 0 Å². The van der Waals surface area contributed by atoms with Gasteiger partial charge >= 0.3 is 18.3 Å². The first kappa shape index (κ1) is 27.0. The van der Waals surface area contributed by atoms with E-state index in [1.165, 1.54) is 27.7 Å². The Hall–Kier alpha value is -5.01. The van der Waals surface area contributed by atoms with Crippen LogP contribution < -0.4 is 26.8 Å². The molecule has 0 aliphatic rings. The lowest BCUT2D eigenvalue weighted by atomic mass is 9.92. The lowest BCUT2D eigenvalue weighted by Gasteiger charge is -2.14. The smallest absolute Gasteiger partial charge is 0.387 e. The van der Waals surface area contributed by atoms with E-state index in [4.69, 9.17) is 16.2 Å². The SMILES string of the molecule is CC(C)(C)c1cc(NC(=O)Nc2ccc(-n3cnc(OC(N)=O)c3N)cc2)n(-c2ccc(C(F)(F)F)cc2)n1. The van der Waals surface area contributed by atoms with E-state index in [1.807, 2.05) is 20.8 Å². The van der Waals surface area contributed by atoms with E-state index < -0.39 is 29.3 Å². The van der Waals surface area contributed by atoms with Crippen molar-refractivity contribution in [1.29, 1.82) is 0 Å². The lowest BCUT2D eigenvalue weighted by molar-refractivity contribution is -0.137. The highest BCUT2D eigenvalue weighted by Crippen LogP contribution is 2.31. The summed E-state index contributed by atoms with van der Waals surface area (Å²) in [5, 5.41) is 9.90. The maximum absolute atomic E-state index is 13.0. The van der Waals surface area contributed by atoms with Gasteiger partial charge in [0.1, 0.15) is 12.1 Å². The first-order valence-electron chi connectivity index (χ1n) is 11.5. The molecule has 2 aromatic carbocycles. The van der Waals surface area contributed by atoms with Crippen LogP contribution in [0.2, 0.25) is 0 Å². The summed E-state index contributed by atoms with van der Waals surface area (Å²) in [6.07, 6.45) is -4.18. The number of imidazole rings is 1. The van der Waals surface area contributed by atoms with Crippen LogP contribution in [-0.4, -0.2) is 31.5 Å². The molecule has 2 aromatic heterocycles. The van der Waals surface area contributed by atoms with Crippen LogP contribution in [0.15, 0.2) is 60.9 Å². The minimum atomic E-state index is -4.47. The Morgan fingerprint density at radius 3 is 2.13 bits per heavy atom. The summed E-state index contributed by atoms with van der Waals surface area (Å²) < 4.78 is 46.6. The number of halogens is 3. The number of rotatable bonds is 5. The molecule has 0 radical (unpaired) electrons. The topological polar surface area (TPSA) is 155 Å². The van der Waals surface area contributed by atoms with Crippen LogP contribution in [0.3, 0.4) is 0 Å². The van der Waals surface area contributed by atoms with Gasteiger partial charge in [0.25, 0.3) is 5.88 Å². The summed E-state index contributed by atoms with van der Waals surface area (Å²) in [5.74, 6) is 0.184. The Kier molecular flexibility index (Phi) is 6.96. The van der Waals surface area contributed by atoms with Crippen LogP contribution in [0.4, 0.5) is 40.1 Å². The molecule has 0 aliphatic heterocycles. The number of alkyl halides is 3. The Bertz CT molecular complexity index is 1500. The number of nitrogen functional groups attached to an aromatic ring is 1. The average Bonchev–Trinajstić information content (AvgIpc) is 3.43. The number of anilines is 3. The van der Waals surface area contributed by atoms with Crippen molar-refractivity contribution in [1.82, 2.24) is 19.3 Å². The van der Waals surface area contributed by atoms with E-state index in [-0.39, 0.29) is 17.5 Å². The Labute approximate surface area is 220 Å². The molecule has 3 amide bonds. The zero-order valence-corrected chi connectivity index (χ0v) is 21.1. The number of ether oxygens (including phenoxy) is 1. The summed E-state index contributed by atoms with van der Waals surface area (Å²) in [6, 6.07) is 12.0. The van der Waals surface area contributed by atoms with Crippen molar-refractivity contribution >= 4 is 29.4 Å². The number of benzene rings is 2. The maximum Gasteiger partial charge on any atom is 0.416 e. The molecule has 4 rings (SSSR count). The second-order valence-electron chi connectivity index (χ2n) is 9.47. The summed E-state index contributed by atoms with van der Waals surface area (Å²) in [4.78, 5) is 27.7. The third kappa shape index (κ3) is 6.11. The van der Waals surface area contributed by atoms with Crippen molar-refractivity contribution in [3.8, 4) is 17.3 Å². The first-order chi connectivity index (χ1) is 18.2. The molecule has 0 saturated heterocycles. The lowest BCUT2D eigenvalue weighted by Crippen LogP contribution is -2.21. The molecule has 11 nitrogen and oxygen atoms in total. The molecule has 0 aliphatic carbocycles. The van der Waals surface area contributed by atoms with E-state index in [1.54, 1.807) is 30.3 Å². The number of hydrogen-bond donors (Lipinski definition) is 4. The fourth-order valence-corrected chi connectivity index (χ4v) is 3.53. The number of hydrogen-bond acceptors (Lipinski definition) is 6. The van der Waals surface area contributed by atoms with Crippen LogP contribution in [0.5, 0.6) is 5.88 Å². The van der Waals surface area contributed by atoms with E-state index in [0.29, 0.717) is 22.8 Å². The van der Waals surface area contributed by atoms with Gasteiger partial charge in [-0.1, -0.05) is 20.8 Å². The van der Waals surface area contributed by atoms with Gasteiger partial charge in [-0.05, 0) is 48.5 Å². The zero-order chi connectivity index (χ0) is 28.5. The van der Waals surface area contributed by atoms with Crippen molar-refractivity contribution in [3.05, 3.63) is 72.2 Å². The molecule has 0 bridgehead atoms. The van der Waals surface area contributed by atoms with Crippen LogP contribution in [0, 0.1) is 0 Å². The molecule has 4 aromatic rings. The molecule has 14 heteroatoms. The quantitative estimate of drug-likeness (QED) is 0.276. The molecule has 0 saturated carbocycles. The van der Waals surface area contributed by atoms with Gasteiger partial charge < -0.3 is 21.5 Å². The fourth-order valence-electron chi connectivity index (χ4n) is 3.53. The van der Waals surface area contributed by atoms with Gasteiger partial charge in [0.05, 0.1) is 16.9 Å². The molecule has 6 N–H and O–H groups in total. The van der Waals surface area contributed by atoms with Gasteiger partial charge in [0.15, 0.2) is 5.82 Å². The van der Waals surface area contributed by atoms with Crippen LogP contribution >= 0.6 is 0 Å². The van der Waals surface area contributed by atoms with Crippen molar-refractivity contribution in [2.45, 2.75) is 32.4 Å². The molecular weight excluding hydrogens is 517 g/mol. The molecule has 204 valence electrons. The van der Waals surface area contributed by atoms with Crippen molar-refractivity contribution in [2.24, 2.45) is 5.73 Å². The van der Waals surface area contributed by atoms with Crippen LogP contribution in [0.25, 0.3) is 11.4 Å². The number of carbonyl (C=O) groups is 2. The number of primary amides is 1. The Balaban J connectivity index is 1.52. The normalized spacial score (nSPS) is 11.7. The maximum atomic E-state index is 13.0. The third-order valence-corrected chi connectivity index (χ3v) is 5.53. The van der Waals surface area contributed by atoms with Gasteiger partial charge in [-0.15, -0.1) is 0 Å². The molecule has 0 atom stereocenters. The van der Waals surface area contributed by atoms with Gasteiger partial charge in [-0.3, -0.25) is 9.88 Å². The monoisotopic (exact) mass is 542 g/mol. The molecule has 0 fully saturated rings. The minimum Gasteiger partial charge on any atom is -0.387 e. The number of nitrogens with two attached hydrogens (primary N) is 2. The predicted molar refractivity (Wildman–Crippen MR) is 138 cm³/mol. The van der Waals surface area contributed by atoms with Gasteiger partial charge in [0, 0.05) is 22.9 Å². The van der Waals surface area contributed by atoms with Crippen LogP contribution in [-0.2, 0) is 11.6 Å². The third-order valence-electron chi connectivity index (χ3n) is 5.53. The van der Waals surface area contributed by atoms with E-state index in [0.717, 1.165) is 12.1 Å². The molecule has 39 heavy (non-hydrogen) atoms. The number of carbonyl (C=O) groups excluding carboxylic acids is 2. The van der Waals surface area contributed by atoms with Crippen molar-refractivity contribution < 1.29 is 27.5 Å². The summed E-state index contributed by atoms with van der Waals surface area (Å²) in [7, 11) is 0. The summed E-state index contributed by atoms with van der Waals surface area (Å²) >= 11 is 0. The first-order valence-corrected chi connectivity index (χ1v) is 11.5. The van der Waals surface area contributed by atoms with Crippen molar-refractivity contribution in [3.63, 3.8) is 0 Å². The highest BCUT2D eigenvalue weighted by Gasteiger charge is 2.30. The van der Waals surface area contributed by atoms with E-state index in [2.05, 4.69) is 20.7 Å². The average molecular weight is 543 g/mol. The van der Waals surface area contributed by atoms with E-state index in [9.17, 15) is 22.8 Å². The fraction of sp³-hybridized carbons (Fsp3) is 0.200. The highest BCUT2D eigenvalue weighted by atomic mass is 19.4. The van der Waals surface area contributed by atoms with Crippen LogP contribution in [0.1, 0.15) is 32.0 Å². The second kappa shape index (κ2) is 10.0. The standard InChI is InChI=1S/C25H25F3N8O3/c1-24(2,3)18-12-19(36(34-18)17-8-4-14(5-9-17)25(26,27)28)33-23(38)32-15-6-10-16(11-7-15)35-13-31-21(20(35)29)39-22(30)37/h4-13H,29H2,1-3H3,(H2,30,37)(H2,32,33,38). The number of amides is 3. The highest BCUT2D eigenvalue weighted by molar-refractivity contribution is 5.99. The molecule has 0 unspecified atom stereocenters.